The van der Waals surface area contributed by atoms with Gasteiger partial charge in [0.05, 0.1) is 16.6 Å². The number of aryl methyl sites for hydroxylation is 1. The number of imidazole rings is 1. The number of nitrogens with one attached hydrogen (secondary N) is 1. The van der Waals surface area contributed by atoms with Crippen LogP contribution in [0.2, 0.25) is 0 Å². The maximum atomic E-state index is 11.7. The molecule has 1 amide bonds. The minimum atomic E-state index is -0.591. The highest BCUT2D eigenvalue weighted by Gasteiger charge is 2.21. The first-order valence-electron chi connectivity index (χ1n) is 8.78. The number of fused-ring (bicyclic) bond motifs is 2. The number of carbonyl (C=O) groups excluding carboxylic acids is 1. The molecule has 0 bridgehead atoms. The Hall–Kier alpha value is -4.00. The number of aromatic nitrogens is 5. The highest BCUT2D eigenvalue weighted by atomic mass is 16.1. The normalized spacial score (nSPS) is 11.3. The van der Waals surface area contributed by atoms with Crippen molar-refractivity contribution in [2.24, 2.45) is 12.8 Å². The van der Waals surface area contributed by atoms with E-state index in [-0.39, 0.29) is 5.82 Å². The molecule has 0 saturated heterocycles. The van der Waals surface area contributed by atoms with Crippen LogP contribution in [0.15, 0.2) is 60.9 Å². The third-order valence-corrected chi connectivity index (χ3v) is 4.84. The van der Waals surface area contributed by atoms with E-state index in [0.29, 0.717) is 5.52 Å². The van der Waals surface area contributed by atoms with Crippen LogP contribution < -0.4 is 5.73 Å². The van der Waals surface area contributed by atoms with Crippen LogP contribution in [0.25, 0.3) is 44.3 Å². The second-order valence-corrected chi connectivity index (χ2v) is 6.57. The van der Waals surface area contributed by atoms with Crippen molar-refractivity contribution in [2.75, 3.05) is 0 Å². The van der Waals surface area contributed by atoms with Gasteiger partial charge in [0.15, 0.2) is 5.82 Å². The number of benzene rings is 2. The molecular weight excluding hydrogens is 352 g/mol. The summed E-state index contributed by atoms with van der Waals surface area (Å²) in [5.41, 5.74) is 11.5. The van der Waals surface area contributed by atoms with Gasteiger partial charge >= 0.3 is 0 Å². The maximum Gasteiger partial charge on any atom is 0.284 e. The lowest BCUT2D eigenvalue weighted by atomic mass is 9.96. The highest BCUT2D eigenvalue weighted by molar-refractivity contribution is 6.15. The molecule has 3 heterocycles. The van der Waals surface area contributed by atoms with E-state index in [1.165, 1.54) is 0 Å². The number of nitrogens with zero attached hydrogens (tertiary/aromatic N) is 4. The Morgan fingerprint density at radius 1 is 1.07 bits per heavy atom. The van der Waals surface area contributed by atoms with Crippen LogP contribution in [0.5, 0.6) is 0 Å². The number of primary amides is 1. The molecule has 5 aromatic rings. The van der Waals surface area contributed by atoms with Gasteiger partial charge in [0, 0.05) is 36.0 Å². The van der Waals surface area contributed by atoms with Crippen molar-refractivity contribution >= 4 is 27.8 Å². The third-order valence-electron chi connectivity index (χ3n) is 4.84. The average Bonchev–Trinajstić information content (AvgIpc) is 3.29. The topological polar surface area (TPSA) is 102 Å². The van der Waals surface area contributed by atoms with Crippen LogP contribution >= 0.6 is 0 Å². The molecule has 0 aliphatic heterocycles. The molecule has 7 nitrogen and oxygen atoms in total. The van der Waals surface area contributed by atoms with Crippen LogP contribution in [0.3, 0.4) is 0 Å². The smallest absolute Gasteiger partial charge is 0.284 e. The Balaban J connectivity index is 1.98. The molecule has 0 atom stereocenters. The molecule has 0 fully saturated rings. The van der Waals surface area contributed by atoms with Gasteiger partial charge in [0.25, 0.3) is 5.91 Å². The van der Waals surface area contributed by atoms with Crippen LogP contribution in [0.4, 0.5) is 0 Å². The zero-order chi connectivity index (χ0) is 19.3. The Morgan fingerprint density at radius 2 is 1.82 bits per heavy atom. The summed E-state index contributed by atoms with van der Waals surface area (Å²) in [5.74, 6) is -0.451. The van der Waals surface area contributed by atoms with Gasteiger partial charge in [0.2, 0.25) is 0 Å². The van der Waals surface area contributed by atoms with Crippen LogP contribution in [-0.4, -0.2) is 30.6 Å². The van der Waals surface area contributed by atoms with E-state index in [0.717, 1.165) is 38.8 Å². The standard InChI is InChI=1S/C21H16N6O/c1-27-15-11-14-19(25-21(24-14)20(22)28)16(12-5-3-2-4-6-12)17(15)18(26-27)13-7-9-23-10-8-13/h2-11H,1H3,(H2,22,28)(H,24,25). The summed E-state index contributed by atoms with van der Waals surface area (Å²) in [6.07, 6.45) is 3.49. The number of H-pyrrole nitrogens is 1. The number of nitrogens with two attached hydrogens (primary N) is 1. The molecule has 2 aromatic carbocycles. The first-order chi connectivity index (χ1) is 13.6. The fourth-order valence-electron chi connectivity index (χ4n) is 3.60. The molecule has 136 valence electrons. The van der Waals surface area contributed by atoms with Crippen LogP contribution in [0.1, 0.15) is 10.6 Å². The summed E-state index contributed by atoms with van der Waals surface area (Å²) in [6.45, 7) is 0. The van der Waals surface area contributed by atoms with Crippen molar-refractivity contribution in [3.05, 3.63) is 66.7 Å². The number of hydrogen-bond donors (Lipinski definition) is 2. The first kappa shape index (κ1) is 16.2. The van der Waals surface area contributed by atoms with Crippen molar-refractivity contribution in [3.8, 4) is 22.4 Å². The molecule has 0 spiro atoms. The van der Waals surface area contributed by atoms with Crippen molar-refractivity contribution in [2.45, 2.75) is 0 Å². The Morgan fingerprint density at radius 3 is 2.54 bits per heavy atom. The zero-order valence-electron chi connectivity index (χ0n) is 15.0. The second kappa shape index (κ2) is 6.02. The summed E-state index contributed by atoms with van der Waals surface area (Å²) in [7, 11) is 1.90. The minimum Gasteiger partial charge on any atom is -0.363 e. The molecule has 3 N–H and O–H groups in total. The predicted octanol–water partition coefficient (Wildman–Crippen LogP) is 3.28. The summed E-state index contributed by atoms with van der Waals surface area (Å²) in [5, 5.41) is 5.73. The lowest BCUT2D eigenvalue weighted by Gasteiger charge is -2.07. The fourth-order valence-corrected chi connectivity index (χ4v) is 3.60. The summed E-state index contributed by atoms with van der Waals surface area (Å²) in [4.78, 5) is 23.4. The van der Waals surface area contributed by atoms with Gasteiger partial charge in [-0.05, 0) is 23.8 Å². The number of rotatable bonds is 3. The number of pyridine rings is 1. The maximum absolute atomic E-state index is 11.7. The van der Waals surface area contributed by atoms with Gasteiger partial charge in [-0.15, -0.1) is 0 Å². The van der Waals surface area contributed by atoms with E-state index in [9.17, 15) is 4.79 Å². The summed E-state index contributed by atoms with van der Waals surface area (Å²) in [6, 6.07) is 15.8. The number of aromatic amines is 1. The number of carbonyl (C=O) groups is 1. The Labute approximate surface area is 159 Å². The lowest BCUT2D eigenvalue weighted by molar-refractivity contribution is 0.0991. The van der Waals surface area contributed by atoms with E-state index in [1.54, 1.807) is 12.4 Å². The van der Waals surface area contributed by atoms with Crippen LogP contribution in [0, 0.1) is 0 Å². The molecular formula is C21H16N6O. The number of hydrogen-bond acceptors (Lipinski definition) is 4. The second-order valence-electron chi connectivity index (χ2n) is 6.57. The molecule has 0 unspecified atom stereocenters. The average molecular weight is 368 g/mol. The van der Waals surface area contributed by atoms with E-state index < -0.39 is 5.91 Å². The largest absolute Gasteiger partial charge is 0.363 e. The van der Waals surface area contributed by atoms with E-state index in [1.807, 2.05) is 60.3 Å². The Bertz CT molecular complexity index is 1340. The molecule has 5 rings (SSSR count). The highest BCUT2D eigenvalue weighted by Crippen LogP contribution is 2.40. The van der Waals surface area contributed by atoms with Gasteiger partial charge < -0.3 is 10.7 Å². The van der Waals surface area contributed by atoms with Gasteiger partial charge in [-0.25, -0.2) is 4.98 Å². The molecule has 3 aromatic heterocycles. The van der Waals surface area contributed by atoms with E-state index in [4.69, 9.17) is 10.8 Å². The van der Waals surface area contributed by atoms with E-state index >= 15 is 0 Å². The first-order valence-corrected chi connectivity index (χ1v) is 8.78. The lowest BCUT2D eigenvalue weighted by Crippen LogP contribution is -2.12. The summed E-state index contributed by atoms with van der Waals surface area (Å²) < 4.78 is 1.84. The summed E-state index contributed by atoms with van der Waals surface area (Å²) >= 11 is 0. The van der Waals surface area contributed by atoms with Gasteiger partial charge in [-0.1, -0.05) is 30.3 Å². The SMILES string of the molecule is Cn1nc(-c2ccncc2)c2c(-c3ccccc3)c3nc(C(N)=O)[nH]c3cc21. The molecule has 28 heavy (non-hydrogen) atoms. The quantitative estimate of drug-likeness (QED) is 0.510. The van der Waals surface area contributed by atoms with E-state index in [2.05, 4.69) is 15.0 Å². The van der Waals surface area contributed by atoms with Crippen LogP contribution in [-0.2, 0) is 7.05 Å². The minimum absolute atomic E-state index is 0.140. The van der Waals surface area contributed by atoms with Crippen molar-refractivity contribution < 1.29 is 4.79 Å². The molecule has 0 aliphatic carbocycles. The third kappa shape index (κ3) is 2.37. The molecule has 0 saturated carbocycles. The van der Waals surface area contributed by atoms with Gasteiger partial charge in [0.1, 0.15) is 5.69 Å². The fraction of sp³-hybridized carbons (Fsp3) is 0.0476. The van der Waals surface area contributed by atoms with Crippen molar-refractivity contribution in [1.29, 1.82) is 0 Å². The number of amides is 1. The van der Waals surface area contributed by atoms with Crippen molar-refractivity contribution in [1.82, 2.24) is 24.7 Å². The molecule has 7 heteroatoms. The Kier molecular flexibility index (Phi) is 3.48. The van der Waals surface area contributed by atoms with Gasteiger partial charge in [-0.3, -0.25) is 14.5 Å². The zero-order valence-corrected chi connectivity index (χ0v) is 15.0. The van der Waals surface area contributed by atoms with Gasteiger partial charge in [-0.2, -0.15) is 5.10 Å². The molecule has 0 aliphatic rings. The predicted molar refractivity (Wildman–Crippen MR) is 108 cm³/mol. The molecule has 0 radical (unpaired) electrons. The monoisotopic (exact) mass is 368 g/mol. The van der Waals surface area contributed by atoms with Crippen molar-refractivity contribution in [3.63, 3.8) is 0 Å².